The van der Waals surface area contributed by atoms with E-state index in [0.717, 1.165) is 25.6 Å². The molecule has 11 heteroatoms. The molecule has 8 nitrogen and oxygen atoms in total. The van der Waals surface area contributed by atoms with Gasteiger partial charge in [-0.25, -0.2) is 26.0 Å². The Morgan fingerprint density at radius 1 is 1.16 bits per heavy atom. The second kappa shape index (κ2) is 9.29. The summed E-state index contributed by atoms with van der Waals surface area (Å²) in [5.41, 5.74) is 1.49. The van der Waals surface area contributed by atoms with Crippen molar-refractivity contribution in [3.05, 3.63) is 95.3 Å². The minimum Gasteiger partial charge on any atom is -0.364 e. The van der Waals surface area contributed by atoms with Crippen molar-refractivity contribution in [2.45, 2.75) is 23.8 Å². The first-order chi connectivity index (χ1) is 17.7. The minimum atomic E-state index is -4.24. The van der Waals surface area contributed by atoms with Gasteiger partial charge in [-0.2, -0.15) is 10.4 Å². The molecule has 0 spiro atoms. The van der Waals surface area contributed by atoms with Gasteiger partial charge in [0.05, 0.1) is 39.8 Å². The van der Waals surface area contributed by atoms with Crippen LogP contribution in [0.2, 0.25) is 0 Å². The zero-order valence-electron chi connectivity index (χ0n) is 19.7. The Morgan fingerprint density at radius 3 is 2.76 bits per heavy atom. The molecule has 37 heavy (non-hydrogen) atoms. The van der Waals surface area contributed by atoms with Crippen LogP contribution in [-0.2, 0) is 10.0 Å². The SMILES string of the molecule is CN(C(=O)c1cnn2ccc(N3CCC[C@@H]3c3cc(F)ccc3F)cc12)S(=O)(=O)c1cccc(C#N)c1. The molecule has 1 aliphatic heterocycles. The van der Waals surface area contributed by atoms with Crippen molar-refractivity contribution < 1.29 is 22.0 Å². The molecule has 0 aliphatic carbocycles. The van der Waals surface area contributed by atoms with Crippen LogP contribution in [-0.4, -0.2) is 41.8 Å². The fourth-order valence-electron chi connectivity index (χ4n) is 4.64. The lowest BCUT2D eigenvalue weighted by atomic mass is 10.0. The standard InChI is InChI=1S/C26H21F2N5O3S/c1-31(37(35,36)20-5-2-4-17(12-20)15-29)26(34)22-16-30-33-11-9-19(14-25(22)33)32-10-3-6-24(32)21-13-18(27)7-8-23(21)28/h2,4-5,7-9,11-14,16,24H,3,6,10H2,1H3/t24-/m1/s1. The molecule has 4 aromatic rings. The first-order valence-electron chi connectivity index (χ1n) is 11.4. The van der Waals surface area contributed by atoms with Crippen molar-refractivity contribution in [3.63, 3.8) is 0 Å². The fraction of sp³-hybridized carbons (Fsp3) is 0.192. The highest BCUT2D eigenvalue weighted by Crippen LogP contribution is 2.38. The number of rotatable bonds is 5. The largest absolute Gasteiger partial charge is 0.364 e. The number of aromatic nitrogens is 2. The maximum atomic E-state index is 14.5. The third-order valence-electron chi connectivity index (χ3n) is 6.54. The fourth-order valence-corrected chi connectivity index (χ4v) is 5.80. The maximum Gasteiger partial charge on any atom is 0.271 e. The van der Waals surface area contributed by atoms with Crippen molar-refractivity contribution in [1.82, 2.24) is 13.9 Å². The van der Waals surface area contributed by atoms with Crippen molar-refractivity contribution in [2.24, 2.45) is 0 Å². The molecule has 1 saturated heterocycles. The number of sulfonamides is 1. The van der Waals surface area contributed by atoms with Gasteiger partial charge in [-0.3, -0.25) is 4.79 Å². The number of amides is 1. The van der Waals surface area contributed by atoms with Crippen molar-refractivity contribution >= 4 is 27.1 Å². The molecule has 1 amide bonds. The van der Waals surface area contributed by atoms with Crippen LogP contribution in [0, 0.1) is 23.0 Å². The molecule has 1 fully saturated rings. The van der Waals surface area contributed by atoms with Crippen molar-refractivity contribution in [3.8, 4) is 6.07 Å². The van der Waals surface area contributed by atoms with Crippen molar-refractivity contribution in [2.75, 3.05) is 18.5 Å². The molecule has 0 N–H and O–H groups in total. The predicted octanol–water partition coefficient (Wildman–Crippen LogP) is 4.29. The van der Waals surface area contributed by atoms with E-state index in [4.69, 9.17) is 5.26 Å². The van der Waals surface area contributed by atoms with E-state index in [2.05, 4.69) is 5.10 Å². The highest BCUT2D eigenvalue weighted by molar-refractivity contribution is 7.89. The van der Waals surface area contributed by atoms with Gasteiger partial charge >= 0.3 is 0 Å². The Bertz CT molecular complexity index is 1680. The van der Waals surface area contributed by atoms with Gasteiger partial charge in [-0.15, -0.1) is 0 Å². The van der Waals surface area contributed by atoms with Gasteiger partial charge in [-0.05, 0) is 61.4 Å². The summed E-state index contributed by atoms with van der Waals surface area (Å²) in [5.74, 6) is -1.82. The maximum absolute atomic E-state index is 14.5. The Morgan fingerprint density at radius 2 is 1.97 bits per heavy atom. The molecule has 188 valence electrons. The number of nitriles is 1. The monoisotopic (exact) mass is 521 g/mol. The minimum absolute atomic E-state index is 0.0528. The van der Waals surface area contributed by atoms with Gasteiger partial charge in [0.25, 0.3) is 15.9 Å². The number of benzene rings is 2. The van der Waals surface area contributed by atoms with Crippen LogP contribution in [0.4, 0.5) is 14.5 Å². The lowest BCUT2D eigenvalue weighted by Gasteiger charge is -2.27. The van der Waals surface area contributed by atoms with E-state index in [0.29, 0.717) is 28.5 Å². The van der Waals surface area contributed by atoms with Crippen molar-refractivity contribution in [1.29, 1.82) is 5.26 Å². The van der Waals surface area contributed by atoms with E-state index in [1.54, 1.807) is 18.3 Å². The topological polar surface area (TPSA) is 98.8 Å². The van der Waals surface area contributed by atoms with Crippen LogP contribution in [0.5, 0.6) is 0 Å². The zero-order chi connectivity index (χ0) is 26.3. The van der Waals surface area contributed by atoms with E-state index >= 15 is 0 Å². The zero-order valence-corrected chi connectivity index (χ0v) is 20.5. The summed E-state index contributed by atoms with van der Waals surface area (Å²) in [6.07, 6.45) is 4.30. The molecule has 0 unspecified atom stereocenters. The molecule has 3 heterocycles. The van der Waals surface area contributed by atoms with Gasteiger partial charge in [0.2, 0.25) is 0 Å². The number of halogens is 2. The number of nitrogens with zero attached hydrogens (tertiary/aromatic N) is 5. The third-order valence-corrected chi connectivity index (χ3v) is 8.28. The molecule has 0 radical (unpaired) electrons. The van der Waals surface area contributed by atoms with E-state index in [1.807, 2.05) is 11.0 Å². The number of carbonyl (C=O) groups excluding carboxylic acids is 1. The van der Waals surface area contributed by atoms with Gasteiger partial charge in [0, 0.05) is 31.0 Å². The molecule has 2 aromatic heterocycles. The van der Waals surface area contributed by atoms with E-state index in [1.165, 1.54) is 41.0 Å². The Labute approximate surface area is 212 Å². The lowest BCUT2D eigenvalue weighted by Crippen LogP contribution is -2.33. The van der Waals surface area contributed by atoms with E-state index in [-0.39, 0.29) is 21.6 Å². The number of anilines is 1. The summed E-state index contributed by atoms with van der Waals surface area (Å²) in [5, 5.41) is 13.3. The average Bonchev–Trinajstić information content (AvgIpc) is 3.56. The lowest BCUT2D eigenvalue weighted by molar-refractivity contribution is 0.0884. The van der Waals surface area contributed by atoms with Gasteiger partial charge in [-0.1, -0.05) is 6.07 Å². The molecular formula is C26H21F2N5O3S. The summed E-state index contributed by atoms with van der Waals surface area (Å²) in [6, 6.07) is 13.7. The van der Waals surface area contributed by atoms with E-state index in [9.17, 15) is 22.0 Å². The van der Waals surface area contributed by atoms with Crippen LogP contribution in [0.1, 0.15) is 40.4 Å². The van der Waals surface area contributed by atoms with Crippen LogP contribution < -0.4 is 4.90 Å². The molecule has 1 aliphatic rings. The number of hydrogen-bond donors (Lipinski definition) is 0. The van der Waals surface area contributed by atoms with Gasteiger partial charge < -0.3 is 4.90 Å². The second-order valence-electron chi connectivity index (χ2n) is 8.71. The second-order valence-corrected chi connectivity index (χ2v) is 10.7. The number of fused-ring (bicyclic) bond motifs is 1. The summed E-state index contributed by atoms with van der Waals surface area (Å²) in [7, 11) is -3.09. The van der Waals surface area contributed by atoms with Crippen LogP contribution in [0.25, 0.3) is 5.52 Å². The van der Waals surface area contributed by atoms with Crippen LogP contribution in [0.3, 0.4) is 0 Å². The normalized spacial score (nSPS) is 15.6. The molecule has 1 atom stereocenters. The molecule has 2 aromatic carbocycles. The smallest absolute Gasteiger partial charge is 0.271 e. The Kier molecular flexibility index (Phi) is 6.13. The summed E-state index contributed by atoms with van der Waals surface area (Å²) < 4.78 is 56.7. The highest BCUT2D eigenvalue weighted by atomic mass is 32.2. The van der Waals surface area contributed by atoms with E-state index < -0.39 is 33.6 Å². The quantitative estimate of drug-likeness (QED) is 0.389. The number of hydrogen-bond acceptors (Lipinski definition) is 6. The molecule has 0 bridgehead atoms. The molecule has 5 rings (SSSR count). The molecular weight excluding hydrogens is 500 g/mol. The number of pyridine rings is 1. The van der Waals surface area contributed by atoms with Crippen LogP contribution in [0.15, 0.2) is 71.9 Å². The predicted molar refractivity (Wildman–Crippen MR) is 131 cm³/mol. The van der Waals surface area contributed by atoms with Gasteiger partial charge in [0.1, 0.15) is 11.6 Å². The summed E-state index contributed by atoms with van der Waals surface area (Å²) >= 11 is 0. The Balaban J connectivity index is 1.50. The number of carbonyl (C=O) groups is 1. The first-order valence-corrected chi connectivity index (χ1v) is 12.9. The Hall–Kier alpha value is -4.30. The average molecular weight is 522 g/mol. The highest BCUT2D eigenvalue weighted by Gasteiger charge is 2.31. The summed E-state index contributed by atoms with van der Waals surface area (Å²) in [4.78, 5) is 15.1. The summed E-state index contributed by atoms with van der Waals surface area (Å²) in [6.45, 7) is 0.595. The third kappa shape index (κ3) is 4.29. The van der Waals surface area contributed by atoms with Crippen LogP contribution >= 0.6 is 0 Å². The first kappa shape index (κ1) is 24.4. The van der Waals surface area contributed by atoms with Gasteiger partial charge in [0.15, 0.2) is 0 Å². The molecule has 0 saturated carbocycles.